The van der Waals surface area contributed by atoms with Gasteiger partial charge in [0.2, 0.25) is 0 Å². The van der Waals surface area contributed by atoms with Gasteiger partial charge in [-0.2, -0.15) is 0 Å². The Hall–Kier alpha value is -4.09. The van der Waals surface area contributed by atoms with Crippen molar-refractivity contribution in [2.45, 2.75) is 43.2 Å². The summed E-state index contributed by atoms with van der Waals surface area (Å²) in [6.45, 7) is 3.47. The largest absolute Gasteiger partial charge is 0.497 e. The van der Waals surface area contributed by atoms with Crippen LogP contribution in [0.5, 0.6) is 5.75 Å². The number of piperidine rings is 2. The normalized spacial score (nSPS) is 16.8. The first-order chi connectivity index (χ1) is 21.1. The highest BCUT2D eigenvalue weighted by Crippen LogP contribution is 2.24. The van der Waals surface area contributed by atoms with Gasteiger partial charge in [0.05, 0.1) is 17.6 Å². The fourth-order valence-electron chi connectivity index (χ4n) is 5.76. The summed E-state index contributed by atoms with van der Waals surface area (Å²) < 4.78 is 28.6. The molecule has 2 aliphatic rings. The number of benzene rings is 2. The number of pyridine rings is 1. The van der Waals surface area contributed by atoms with Gasteiger partial charge < -0.3 is 15.0 Å². The first-order valence-electron chi connectivity index (χ1n) is 14.9. The number of carbonyl (C=O) groups excluding carboxylic acids is 3. The predicted octanol–water partition coefficient (Wildman–Crippen LogP) is 3.62. The number of amides is 2. The summed E-state index contributed by atoms with van der Waals surface area (Å²) in [7, 11) is -1.67. The van der Waals surface area contributed by atoms with Crippen LogP contribution in [0.4, 0.5) is 0 Å². The molecule has 2 fully saturated rings. The summed E-state index contributed by atoms with van der Waals surface area (Å²) in [5.41, 5.74) is 2.37. The number of rotatable bonds is 9. The van der Waals surface area contributed by atoms with Crippen molar-refractivity contribution in [3.05, 3.63) is 89.2 Å². The lowest BCUT2D eigenvalue weighted by Crippen LogP contribution is -2.44. The van der Waals surface area contributed by atoms with Gasteiger partial charge in [0.15, 0.2) is 15.6 Å². The number of hydrogen-bond donors (Lipinski definition) is 1. The lowest BCUT2D eigenvalue weighted by Gasteiger charge is -2.32. The van der Waals surface area contributed by atoms with Gasteiger partial charge in [0, 0.05) is 62.7 Å². The monoisotopic (exact) mass is 618 g/mol. The molecular formula is C33H38N4O6S. The standard InChI is InChI=1S/C33H38N4O6S/c1-43-28-8-3-23(4-9-28)22-36-17-15-27(16-18-36)35-32(39)26-7-12-30(34-21-26)33(40)37-19-13-25(14-20-37)31(38)24-5-10-29(11-6-24)44(2,41)42/h3-12,21,25,27H,13-20,22H2,1-2H3,(H,35,39). The van der Waals surface area contributed by atoms with Crippen molar-refractivity contribution in [1.82, 2.24) is 20.1 Å². The number of hydrogen-bond acceptors (Lipinski definition) is 8. The molecule has 2 amide bonds. The van der Waals surface area contributed by atoms with E-state index in [2.05, 4.69) is 27.3 Å². The van der Waals surface area contributed by atoms with Gasteiger partial charge in [-0.15, -0.1) is 0 Å². The third kappa shape index (κ3) is 7.70. The molecule has 3 heterocycles. The number of nitrogens with one attached hydrogen (secondary N) is 1. The number of likely N-dealkylation sites (tertiary alicyclic amines) is 2. The minimum absolute atomic E-state index is 0.0476. The minimum atomic E-state index is -3.33. The van der Waals surface area contributed by atoms with Gasteiger partial charge in [-0.1, -0.05) is 24.3 Å². The highest BCUT2D eigenvalue weighted by atomic mass is 32.2. The number of ketones is 1. The summed E-state index contributed by atoms with van der Waals surface area (Å²) >= 11 is 0. The second-order valence-electron chi connectivity index (χ2n) is 11.5. The average Bonchev–Trinajstić information content (AvgIpc) is 3.05. The number of aromatic nitrogens is 1. The van der Waals surface area contributed by atoms with E-state index < -0.39 is 9.84 Å². The van der Waals surface area contributed by atoms with Crippen molar-refractivity contribution in [3.63, 3.8) is 0 Å². The second kappa shape index (κ2) is 13.7. The molecule has 0 atom stereocenters. The fraction of sp³-hybridized carbons (Fsp3) is 0.394. The maximum absolute atomic E-state index is 13.1. The lowest BCUT2D eigenvalue weighted by atomic mass is 9.89. The van der Waals surface area contributed by atoms with Crippen molar-refractivity contribution in [2.24, 2.45) is 5.92 Å². The van der Waals surface area contributed by atoms with Crippen LogP contribution in [-0.4, -0.2) is 86.4 Å². The maximum atomic E-state index is 13.1. The predicted molar refractivity (Wildman–Crippen MR) is 166 cm³/mol. The zero-order valence-corrected chi connectivity index (χ0v) is 25.9. The molecule has 0 unspecified atom stereocenters. The third-order valence-electron chi connectivity index (χ3n) is 8.45. The number of carbonyl (C=O) groups is 3. The quantitative estimate of drug-likeness (QED) is 0.361. The minimum Gasteiger partial charge on any atom is -0.497 e. The molecule has 1 aromatic heterocycles. The topological polar surface area (TPSA) is 126 Å². The smallest absolute Gasteiger partial charge is 0.272 e. The molecule has 0 aliphatic carbocycles. The Morgan fingerprint density at radius 2 is 1.50 bits per heavy atom. The second-order valence-corrected chi connectivity index (χ2v) is 13.5. The van der Waals surface area contributed by atoms with Crippen molar-refractivity contribution >= 4 is 27.4 Å². The maximum Gasteiger partial charge on any atom is 0.272 e. The van der Waals surface area contributed by atoms with Crippen LogP contribution in [0.25, 0.3) is 0 Å². The van der Waals surface area contributed by atoms with Gasteiger partial charge in [-0.3, -0.25) is 24.3 Å². The molecule has 2 aromatic carbocycles. The molecule has 0 saturated carbocycles. The average molecular weight is 619 g/mol. The van der Waals surface area contributed by atoms with E-state index in [9.17, 15) is 22.8 Å². The Kier molecular flexibility index (Phi) is 9.75. The zero-order valence-electron chi connectivity index (χ0n) is 25.1. The molecule has 232 valence electrons. The van der Waals surface area contributed by atoms with Crippen LogP contribution in [0.2, 0.25) is 0 Å². The van der Waals surface area contributed by atoms with Crippen molar-refractivity contribution in [3.8, 4) is 5.75 Å². The van der Waals surface area contributed by atoms with E-state index in [0.717, 1.165) is 44.5 Å². The van der Waals surface area contributed by atoms with E-state index in [1.165, 1.54) is 23.9 Å². The number of methoxy groups -OCH3 is 1. The summed E-state index contributed by atoms with van der Waals surface area (Å²) in [6, 6.07) is 17.4. The summed E-state index contributed by atoms with van der Waals surface area (Å²) in [4.78, 5) is 47.4. The Labute approximate surface area is 258 Å². The van der Waals surface area contributed by atoms with Crippen molar-refractivity contribution < 1.29 is 27.5 Å². The van der Waals surface area contributed by atoms with Crippen LogP contribution >= 0.6 is 0 Å². The van der Waals surface area contributed by atoms with Gasteiger partial charge in [0.1, 0.15) is 11.4 Å². The van der Waals surface area contributed by atoms with Crippen LogP contribution in [0.15, 0.2) is 71.8 Å². The number of sulfone groups is 1. The van der Waals surface area contributed by atoms with Crippen LogP contribution in [0.3, 0.4) is 0 Å². The van der Waals surface area contributed by atoms with Crippen LogP contribution < -0.4 is 10.1 Å². The Balaban J connectivity index is 1.07. The number of nitrogens with zero attached hydrogens (tertiary/aromatic N) is 3. The van der Waals surface area contributed by atoms with Crippen molar-refractivity contribution in [1.29, 1.82) is 0 Å². The Morgan fingerprint density at radius 3 is 2.07 bits per heavy atom. The fourth-order valence-corrected chi connectivity index (χ4v) is 6.39. The molecule has 0 bridgehead atoms. The molecular weight excluding hydrogens is 580 g/mol. The summed E-state index contributed by atoms with van der Waals surface area (Å²) in [5, 5.41) is 3.11. The SMILES string of the molecule is COc1ccc(CN2CCC(NC(=O)c3ccc(C(=O)N4CCC(C(=O)c5ccc(S(C)(=O)=O)cc5)CC4)nc3)CC2)cc1. The van der Waals surface area contributed by atoms with Crippen LogP contribution in [0, 0.1) is 5.92 Å². The molecule has 3 aromatic rings. The lowest BCUT2D eigenvalue weighted by molar-refractivity contribution is 0.0645. The van der Waals surface area contributed by atoms with E-state index in [1.807, 2.05) is 12.1 Å². The highest BCUT2D eigenvalue weighted by Gasteiger charge is 2.29. The molecule has 11 heteroatoms. The van der Waals surface area contributed by atoms with E-state index in [-0.39, 0.29) is 40.1 Å². The van der Waals surface area contributed by atoms with E-state index in [1.54, 1.807) is 36.3 Å². The van der Waals surface area contributed by atoms with Gasteiger partial charge in [-0.05, 0) is 67.6 Å². The zero-order chi connectivity index (χ0) is 31.3. The summed E-state index contributed by atoms with van der Waals surface area (Å²) in [6.07, 6.45) is 5.31. The van der Waals surface area contributed by atoms with Gasteiger partial charge >= 0.3 is 0 Å². The number of ether oxygens (including phenoxy) is 1. The molecule has 2 saturated heterocycles. The van der Waals surface area contributed by atoms with E-state index in [0.29, 0.717) is 37.1 Å². The molecule has 0 spiro atoms. The van der Waals surface area contributed by atoms with Crippen LogP contribution in [-0.2, 0) is 16.4 Å². The van der Waals surface area contributed by atoms with Crippen molar-refractivity contribution in [2.75, 3.05) is 39.5 Å². The Morgan fingerprint density at radius 1 is 0.864 bits per heavy atom. The van der Waals surface area contributed by atoms with E-state index >= 15 is 0 Å². The van der Waals surface area contributed by atoms with Crippen LogP contribution in [0.1, 0.15) is 62.5 Å². The molecule has 5 rings (SSSR count). The molecule has 1 N–H and O–H groups in total. The number of Topliss-reactive ketones (excluding diaryl/α,β-unsaturated/α-hetero) is 1. The molecule has 44 heavy (non-hydrogen) atoms. The highest BCUT2D eigenvalue weighted by molar-refractivity contribution is 7.90. The molecule has 0 radical (unpaired) electrons. The van der Waals surface area contributed by atoms with Gasteiger partial charge in [-0.25, -0.2) is 8.42 Å². The molecule has 2 aliphatic heterocycles. The first-order valence-corrected chi connectivity index (χ1v) is 16.8. The summed E-state index contributed by atoms with van der Waals surface area (Å²) in [5.74, 6) is 0.123. The first kappa shape index (κ1) is 31.3. The Bertz CT molecular complexity index is 1570. The van der Waals surface area contributed by atoms with E-state index in [4.69, 9.17) is 4.74 Å². The van der Waals surface area contributed by atoms with Gasteiger partial charge in [0.25, 0.3) is 11.8 Å². The third-order valence-corrected chi connectivity index (χ3v) is 9.58. The molecule has 10 nitrogen and oxygen atoms in total.